The van der Waals surface area contributed by atoms with E-state index in [1.54, 1.807) is 33.8 Å². The summed E-state index contributed by atoms with van der Waals surface area (Å²) in [5, 5.41) is 7.95. The van der Waals surface area contributed by atoms with E-state index in [4.69, 9.17) is 23.2 Å². The van der Waals surface area contributed by atoms with E-state index < -0.39 is 11.8 Å². The van der Waals surface area contributed by atoms with Crippen LogP contribution in [0.15, 0.2) is 24.3 Å². The topological polar surface area (TPSA) is 70.5 Å². The Kier molecular flexibility index (Phi) is 5.07. The molecule has 2 aromatic rings. The highest BCUT2D eigenvalue weighted by atomic mass is 35.5. The van der Waals surface area contributed by atoms with Crippen LogP contribution in [0.3, 0.4) is 0 Å². The summed E-state index contributed by atoms with van der Waals surface area (Å²) in [4.78, 5) is 28.9. The zero-order valence-corrected chi connectivity index (χ0v) is 17.2. The number of carbonyl (C=O) groups excluding carboxylic acids is 2. The van der Waals surface area contributed by atoms with Crippen LogP contribution in [-0.4, -0.2) is 64.6 Å². The fourth-order valence-corrected chi connectivity index (χ4v) is 4.63. The fourth-order valence-electron chi connectivity index (χ4n) is 4.14. The Balaban J connectivity index is 1.45. The van der Waals surface area contributed by atoms with E-state index in [-0.39, 0.29) is 0 Å². The molecule has 2 aliphatic rings. The van der Waals surface area contributed by atoms with Gasteiger partial charge in [-0.15, -0.1) is 5.10 Å². The molecule has 2 amide bonds. The summed E-state index contributed by atoms with van der Waals surface area (Å²) in [6, 6.07) is 6.79. The van der Waals surface area contributed by atoms with Gasteiger partial charge in [0.05, 0.1) is 10.7 Å². The molecule has 1 N–H and O–H groups in total. The summed E-state index contributed by atoms with van der Waals surface area (Å²) >= 11 is 12.2. The minimum Gasteiger partial charge on any atom is -0.334 e. The molecule has 7 nitrogen and oxygen atoms in total. The first-order valence-corrected chi connectivity index (χ1v) is 9.88. The maximum Gasteiger partial charge on any atom is 0.315 e. The number of nitrogens with zero attached hydrogens (tertiary/aromatic N) is 4. The van der Waals surface area contributed by atoms with Crippen LogP contribution in [0, 0.1) is 18.8 Å². The predicted octanol–water partition coefficient (Wildman–Crippen LogP) is 2.45. The molecule has 148 valence electrons. The first-order valence-electron chi connectivity index (χ1n) is 9.12. The Labute approximate surface area is 173 Å². The molecular weight excluding hydrogens is 401 g/mol. The van der Waals surface area contributed by atoms with Gasteiger partial charge in [0.15, 0.2) is 5.82 Å². The zero-order chi connectivity index (χ0) is 20.0. The monoisotopic (exact) mass is 421 g/mol. The third-order valence-electron chi connectivity index (χ3n) is 5.42. The van der Waals surface area contributed by atoms with Gasteiger partial charge in [-0.25, -0.2) is 4.68 Å². The summed E-state index contributed by atoms with van der Waals surface area (Å²) in [6.07, 6.45) is 0. The highest BCUT2D eigenvalue weighted by Crippen LogP contribution is 2.30. The molecule has 1 aromatic heterocycles. The van der Waals surface area contributed by atoms with Crippen LogP contribution >= 0.6 is 23.2 Å². The van der Waals surface area contributed by atoms with Gasteiger partial charge in [0.2, 0.25) is 0 Å². The minimum absolute atomic E-state index is 0.306. The second kappa shape index (κ2) is 7.39. The van der Waals surface area contributed by atoms with Crippen molar-refractivity contribution in [1.29, 1.82) is 0 Å². The lowest BCUT2D eigenvalue weighted by atomic mass is 10.0. The molecule has 0 saturated carbocycles. The van der Waals surface area contributed by atoms with Crippen LogP contribution < -0.4 is 5.32 Å². The predicted molar refractivity (Wildman–Crippen MR) is 108 cm³/mol. The van der Waals surface area contributed by atoms with E-state index in [9.17, 15) is 9.59 Å². The smallest absolute Gasteiger partial charge is 0.315 e. The molecule has 2 saturated heterocycles. The fraction of sp³-hybridized carbons (Fsp3) is 0.421. The maximum atomic E-state index is 12.5. The molecule has 3 heterocycles. The first-order chi connectivity index (χ1) is 13.3. The normalized spacial score (nSPS) is 21.8. The molecular formula is C19H21Cl2N5O2. The summed E-state index contributed by atoms with van der Waals surface area (Å²) < 4.78 is 1.61. The van der Waals surface area contributed by atoms with Crippen molar-refractivity contribution < 1.29 is 9.59 Å². The molecule has 0 aliphatic carbocycles. The number of rotatable bonds is 2. The summed E-state index contributed by atoms with van der Waals surface area (Å²) in [5.41, 5.74) is 1.41. The Morgan fingerprint density at radius 2 is 1.79 bits per heavy atom. The van der Waals surface area contributed by atoms with Crippen LogP contribution in [0.1, 0.15) is 5.69 Å². The van der Waals surface area contributed by atoms with Gasteiger partial charge in [-0.3, -0.25) is 9.59 Å². The second-order valence-electron chi connectivity index (χ2n) is 7.58. The van der Waals surface area contributed by atoms with Crippen molar-refractivity contribution >= 4 is 40.8 Å². The van der Waals surface area contributed by atoms with Crippen molar-refractivity contribution in [1.82, 2.24) is 19.6 Å². The van der Waals surface area contributed by atoms with Gasteiger partial charge in [0.1, 0.15) is 0 Å². The van der Waals surface area contributed by atoms with Gasteiger partial charge in [0.25, 0.3) is 0 Å². The first kappa shape index (κ1) is 19.2. The van der Waals surface area contributed by atoms with E-state index in [1.807, 2.05) is 6.92 Å². The lowest BCUT2D eigenvalue weighted by Gasteiger charge is -2.18. The van der Waals surface area contributed by atoms with Gasteiger partial charge in [0, 0.05) is 43.0 Å². The van der Waals surface area contributed by atoms with Crippen molar-refractivity contribution in [2.75, 3.05) is 38.5 Å². The van der Waals surface area contributed by atoms with E-state index in [0.29, 0.717) is 46.5 Å². The SMILES string of the molecule is Cc1cc(NC(=O)C(=O)N2C[C@H]3CN(C)C[C@H]3C2)nn1-c1ccc(Cl)cc1Cl. The van der Waals surface area contributed by atoms with Crippen molar-refractivity contribution in [3.8, 4) is 5.69 Å². The molecule has 0 spiro atoms. The highest BCUT2D eigenvalue weighted by molar-refractivity contribution is 6.39. The number of halogens is 2. The van der Waals surface area contributed by atoms with Gasteiger partial charge >= 0.3 is 11.8 Å². The van der Waals surface area contributed by atoms with Gasteiger partial charge in [-0.2, -0.15) is 0 Å². The van der Waals surface area contributed by atoms with Crippen molar-refractivity contribution in [2.45, 2.75) is 6.92 Å². The molecule has 28 heavy (non-hydrogen) atoms. The molecule has 2 fully saturated rings. The van der Waals surface area contributed by atoms with Crippen molar-refractivity contribution in [3.05, 3.63) is 40.0 Å². The number of aromatic nitrogens is 2. The number of carbonyl (C=O) groups is 2. The summed E-state index contributed by atoms with van der Waals surface area (Å²) in [5.74, 6) is 0.0421. The summed E-state index contributed by atoms with van der Waals surface area (Å²) in [7, 11) is 2.09. The zero-order valence-electron chi connectivity index (χ0n) is 15.7. The second-order valence-corrected chi connectivity index (χ2v) is 8.43. The molecule has 1 aromatic carbocycles. The number of nitrogens with one attached hydrogen (secondary N) is 1. The van der Waals surface area contributed by atoms with E-state index >= 15 is 0 Å². The summed E-state index contributed by atoms with van der Waals surface area (Å²) in [6.45, 7) is 5.06. The minimum atomic E-state index is -0.666. The number of hydrogen-bond acceptors (Lipinski definition) is 4. The van der Waals surface area contributed by atoms with E-state index in [0.717, 1.165) is 18.8 Å². The number of anilines is 1. The standard InChI is InChI=1S/C19H21Cl2N5O2/c1-11-5-17(23-26(11)16-4-3-14(20)6-15(16)21)22-18(27)19(28)25-9-12-7-24(2)8-13(12)10-25/h3-6,12-13H,7-10H2,1-2H3,(H,22,23,27)/t12-,13+. The third kappa shape index (κ3) is 3.62. The van der Waals surface area contributed by atoms with E-state index in [1.165, 1.54) is 0 Å². The Morgan fingerprint density at radius 3 is 2.43 bits per heavy atom. The molecule has 4 rings (SSSR count). The molecule has 2 atom stereocenters. The molecule has 0 radical (unpaired) electrons. The van der Waals surface area contributed by atoms with Crippen LogP contribution in [0.4, 0.5) is 5.82 Å². The molecule has 0 unspecified atom stereocenters. The molecule has 9 heteroatoms. The van der Waals surface area contributed by atoms with Crippen LogP contribution in [0.25, 0.3) is 5.69 Å². The Hall–Kier alpha value is -2.09. The number of amides is 2. The Morgan fingerprint density at radius 1 is 1.11 bits per heavy atom. The largest absolute Gasteiger partial charge is 0.334 e. The van der Waals surface area contributed by atoms with Gasteiger partial charge < -0.3 is 15.1 Å². The molecule has 0 bridgehead atoms. The number of benzene rings is 1. The number of fused-ring (bicyclic) bond motifs is 1. The maximum absolute atomic E-state index is 12.5. The lowest BCUT2D eigenvalue weighted by molar-refractivity contribution is -0.142. The van der Waals surface area contributed by atoms with Gasteiger partial charge in [-0.1, -0.05) is 23.2 Å². The van der Waals surface area contributed by atoms with Gasteiger partial charge in [-0.05, 0) is 44.0 Å². The molecule has 2 aliphatic heterocycles. The van der Waals surface area contributed by atoms with Crippen LogP contribution in [0.2, 0.25) is 10.0 Å². The number of likely N-dealkylation sites (tertiary alicyclic amines) is 2. The van der Waals surface area contributed by atoms with E-state index in [2.05, 4.69) is 22.4 Å². The quantitative estimate of drug-likeness (QED) is 0.755. The lowest BCUT2D eigenvalue weighted by Crippen LogP contribution is -2.40. The van der Waals surface area contributed by atoms with Crippen molar-refractivity contribution in [2.24, 2.45) is 11.8 Å². The van der Waals surface area contributed by atoms with Crippen LogP contribution in [0.5, 0.6) is 0 Å². The average molecular weight is 422 g/mol. The highest BCUT2D eigenvalue weighted by Gasteiger charge is 2.41. The van der Waals surface area contributed by atoms with Crippen molar-refractivity contribution in [3.63, 3.8) is 0 Å². The van der Waals surface area contributed by atoms with Crippen LogP contribution in [-0.2, 0) is 9.59 Å². The number of hydrogen-bond donors (Lipinski definition) is 1. The third-order valence-corrected chi connectivity index (χ3v) is 5.96. The average Bonchev–Trinajstić information content (AvgIpc) is 3.27. The Bertz CT molecular complexity index is 930. The number of aryl methyl sites for hydroxylation is 1.